The van der Waals surface area contributed by atoms with Gasteiger partial charge in [0.05, 0.1) is 43.7 Å². The molecule has 17 nitrogen and oxygen atoms in total. The molecule has 9 rings (SSSR count). The third-order valence-electron chi connectivity index (χ3n) is 18.7. The summed E-state index contributed by atoms with van der Waals surface area (Å²) in [6.45, 7) is 16.7. The maximum absolute atomic E-state index is 12.2. The summed E-state index contributed by atoms with van der Waals surface area (Å²) < 4.78 is 51.0. The Bertz CT molecular complexity index is 1740. The number of rotatable bonds is 8. The summed E-state index contributed by atoms with van der Waals surface area (Å²) >= 11 is 0. The summed E-state index contributed by atoms with van der Waals surface area (Å²) in [5, 5.41) is 97.7. The topological polar surface area (TPSA) is 256 Å². The van der Waals surface area contributed by atoms with Gasteiger partial charge < -0.3 is 83.9 Å². The van der Waals surface area contributed by atoms with Crippen molar-refractivity contribution in [2.75, 3.05) is 19.8 Å². The van der Waals surface area contributed by atoms with Gasteiger partial charge in [0, 0.05) is 24.2 Å². The van der Waals surface area contributed by atoms with E-state index >= 15 is 0 Å². The average molecular weight is 913 g/mol. The summed E-state index contributed by atoms with van der Waals surface area (Å²) in [5.74, 6) is -0.0364. The Kier molecular flexibility index (Phi) is 12.5. The molecule has 0 aromatic carbocycles. The van der Waals surface area contributed by atoms with Crippen molar-refractivity contribution in [2.24, 2.45) is 45.3 Å². The predicted molar refractivity (Wildman–Crippen MR) is 223 cm³/mol. The summed E-state index contributed by atoms with van der Waals surface area (Å²) in [7, 11) is 0. The van der Waals surface area contributed by atoms with Crippen LogP contribution in [0.5, 0.6) is 0 Å². The smallest absolute Gasteiger partial charge is 0.187 e. The number of allylic oxidation sites excluding steroid dienone is 1. The molecule has 64 heavy (non-hydrogen) atoms. The van der Waals surface area contributed by atoms with Crippen LogP contribution in [0.4, 0.5) is 0 Å². The molecule has 0 aromatic heterocycles. The van der Waals surface area contributed by atoms with E-state index in [0.29, 0.717) is 25.4 Å². The van der Waals surface area contributed by atoms with Crippen LogP contribution in [0.25, 0.3) is 0 Å². The van der Waals surface area contributed by atoms with Crippen LogP contribution >= 0.6 is 0 Å². The van der Waals surface area contributed by atoms with Crippen molar-refractivity contribution in [1.82, 2.24) is 0 Å². The van der Waals surface area contributed by atoms with Crippen LogP contribution in [0.2, 0.25) is 0 Å². The van der Waals surface area contributed by atoms with Gasteiger partial charge in [-0.25, -0.2) is 0 Å². The third-order valence-corrected chi connectivity index (χ3v) is 18.7. The summed E-state index contributed by atoms with van der Waals surface area (Å²) in [6.07, 6.45) is -12.6. The molecule has 2 bridgehead atoms. The van der Waals surface area contributed by atoms with E-state index in [1.807, 2.05) is 6.92 Å². The molecular weight excluding hydrogens is 836 g/mol. The Morgan fingerprint density at radius 3 is 2.09 bits per heavy atom. The Hall–Kier alpha value is -0.940. The second kappa shape index (κ2) is 16.6. The van der Waals surface area contributed by atoms with Gasteiger partial charge in [-0.15, -0.1) is 0 Å². The molecule has 9 N–H and O–H groups in total. The predicted octanol–water partition coefficient (Wildman–Crippen LogP) is 0.994. The average Bonchev–Trinajstić information content (AvgIpc) is 3.74. The molecule has 11 unspecified atom stereocenters. The highest BCUT2D eigenvalue weighted by Gasteiger charge is 2.81. The van der Waals surface area contributed by atoms with E-state index in [4.69, 9.17) is 37.9 Å². The maximum Gasteiger partial charge on any atom is 0.187 e. The van der Waals surface area contributed by atoms with Gasteiger partial charge in [-0.1, -0.05) is 39.3 Å². The van der Waals surface area contributed by atoms with Gasteiger partial charge in [0.1, 0.15) is 61.0 Å². The number of hydrogen-bond donors (Lipinski definition) is 9. The molecule has 5 saturated heterocycles. The van der Waals surface area contributed by atoms with Gasteiger partial charge in [0.25, 0.3) is 0 Å². The van der Waals surface area contributed by atoms with E-state index in [1.54, 1.807) is 0 Å². The van der Waals surface area contributed by atoms with Crippen molar-refractivity contribution >= 4 is 0 Å². The number of aliphatic hydroxyl groups is 9. The van der Waals surface area contributed by atoms with Crippen molar-refractivity contribution in [3.05, 3.63) is 11.6 Å². The van der Waals surface area contributed by atoms with Crippen LogP contribution in [0, 0.1) is 45.3 Å². The molecule has 0 radical (unpaired) electrons. The maximum atomic E-state index is 12.2. The Morgan fingerprint density at radius 2 is 1.41 bits per heavy atom. The fraction of sp³-hybridized carbons (Fsp3) is 0.957. The zero-order valence-electron chi connectivity index (χ0n) is 38.7. The summed E-state index contributed by atoms with van der Waals surface area (Å²) in [4.78, 5) is 0. The second-order valence-electron chi connectivity index (χ2n) is 23.0. The molecule has 9 fully saturated rings. The highest BCUT2D eigenvalue weighted by molar-refractivity contribution is 5.26. The van der Waals surface area contributed by atoms with Gasteiger partial charge in [-0.2, -0.15) is 0 Å². The first kappa shape index (κ1) is 48.1. The second-order valence-corrected chi connectivity index (χ2v) is 23.0. The highest BCUT2D eigenvalue weighted by Crippen LogP contribution is 2.80. The molecule has 4 saturated carbocycles. The van der Waals surface area contributed by atoms with Crippen LogP contribution in [-0.4, -0.2) is 175 Å². The number of fused-ring (bicyclic) bond motifs is 4. The van der Waals surface area contributed by atoms with E-state index in [1.165, 1.54) is 6.92 Å². The highest BCUT2D eigenvalue weighted by atomic mass is 16.8. The molecule has 2 spiro atoms. The monoisotopic (exact) mass is 913 g/mol. The van der Waals surface area contributed by atoms with Crippen molar-refractivity contribution in [3.63, 3.8) is 0 Å². The molecule has 0 amide bonds. The number of ether oxygens (including phenoxy) is 8. The van der Waals surface area contributed by atoms with Crippen molar-refractivity contribution in [1.29, 1.82) is 0 Å². The van der Waals surface area contributed by atoms with Gasteiger partial charge in [-0.05, 0) is 100 Å². The largest absolute Gasteiger partial charge is 0.394 e. The minimum atomic E-state index is -1.79. The molecular formula is C47H76O17. The molecule has 366 valence electrons. The van der Waals surface area contributed by atoms with E-state index < -0.39 is 116 Å². The molecule has 9 aliphatic rings. The first-order valence-corrected chi connectivity index (χ1v) is 23.9. The van der Waals surface area contributed by atoms with Gasteiger partial charge in [0.2, 0.25) is 0 Å². The third kappa shape index (κ3) is 7.19. The van der Waals surface area contributed by atoms with Gasteiger partial charge >= 0.3 is 0 Å². The van der Waals surface area contributed by atoms with Crippen molar-refractivity contribution in [2.45, 2.75) is 216 Å². The lowest BCUT2D eigenvalue weighted by Crippen LogP contribution is -2.68. The molecule has 5 aliphatic heterocycles. The normalized spacial score (nSPS) is 57.8. The lowest BCUT2D eigenvalue weighted by molar-refractivity contribution is -0.388. The van der Waals surface area contributed by atoms with Gasteiger partial charge in [0.15, 0.2) is 24.7 Å². The molecule has 17 heteroatoms. The lowest BCUT2D eigenvalue weighted by Gasteiger charge is -2.70. The zero-order chi connectivity index (χ0) is 46.3. The molecule has 25 atom stereocenters. The Balaban J connectivity index is 0.974. The van der Waals surface area contributed by atoms with E-state index in [9.17, 15) is 46.0 Å². The minimum Gasteiger partial charge on any atom is -0.394 e. The van der Waals surface area contributed by atoms with Crippen LogP contribution in [0.3, 0.4) is 0 Å². The minimum absolute atomic E-state index is 0.0656. The Labute approximate surface area is 376 Å². The zero-order valence-corrected chi connectivity index (χ0v) is 38.7. The van der Waals surface area contributed by atoms with E-state index in [2.05, 4.69) is 47.6 Å². The number of hydrogen-bond acceptors (Lipinski definition) is 17. The van der Waals surface area contributed by atoms with Crippen molar-refractivity contribution in [3.8, 4) is 0 Å². The van der Waals surface area contributed by atoms with Crippen molar-refractivity contribution < 1.29 is 83.9 Å². The Morgan fingerprint density at radius 1 is 0.734 bits per heavy atom. The summed E-state index contributed by atoms with van der Waals surface area (Å²) in [6, 6.07) is 0. The molecule has 4 aliphatic carbocycles. The lowest BCUT2D eigenvalue weighted by atomic mass is 9.35. The van der Waals surface area contributed by atoms with Gasteiger partial charge in [-0.3, -0.25) is 0 Å². The standard InChI is InChI=1S/C47H76O17/c1-21(2)15-23-16-45(8,56)38-24-9-10-28-43(6)13-12-29(42(4,5)27(43)11-14-44(28,7)46(24)19-47(38,64-23)58-20-46)61-41-37(63-39-34(54)32(52)30(50)22(3)59-39)36(25(49)18-57-41)62-40-35(55)33(53)31(51)26(17-48)60-40/h15,22-41,48-56H,9-14,16-20H2,1-8H3/t22-,23?,24?,25-,26-,27?,28?,29?,30-,31-,32-,33-,34-,35-,36-,37-,38?,39+,40+,41+,43?,44?,45?,46?,47?/m1/s1. The first-order chi connectivity index (χ1) is 29.9. The van der Waals surface area contributed by atoms with Crippen LogP contribution < -0.4 is 0 Å². The SMILES string of the molecule is CC(C)=CC1CC(C)(O)C2C3CCC4C5(C)CCC(O[C@@H]6OC[C@@H](O)[C@@H](O[C@@H]7O[C@H](CO)[C@@H](O)[C@@H](O)[C@H]7O)[C@H]6O[C@@H]6O[C@H](C)[C@@H](O)[C@@H](O)[C@H]6O)C(C)(C)C5CCC4(C)C34COC2(C4)O1. The fourth-order valence-electron chi connectivity index (χ4n) is 15.8. The quantitative estimate of drug-likeness (QED) is 0.122. The molecule has 5 heterocycles. The van der Waals surface area contributed by atoms with Crippen LogP contribution in [0.15, 0.2) is 11.6 Å². The molecule has 0 aromatic rings. The summed E-state index contributed by atoms with van der Waals surface area (Å²) in [5.41, 5.74) is -0.471. The van der Waals surface area contributed by atoms with E-state index in [0.717, 1.165) is 44.1 Å². The number of aliphatic hydroxyl groups excluding tert-OH is 8. The van der Waals surface area contributed by atoms with Crippen LogP contribution in [-0.2, 0) is 37.9 Å². The van der Waals surface area contributed by atoms with E-state index in [-0.39, 0.29) is 46.7 Å². The van der Waals surface area contributed by atoms with Crippen LogP contribution in [0.1, 0.15) is 107 Å². The first-order valence-electron chi connectivity index (χ1n) is 23.9. The fourth-order valence-corrected chi connectivity index (χ4v) is 15.8.